The van der Waals surface area contributed by atoms with Crippen LogP contribution in [0.4, 0.5) is 14.9 Å². The highest BCUT2D eigenvalue weighted by Crippen LogP contribution is 2.18. The molecular weight excluding hydrogens is 287 g/mol. The first-order valence-electron chi connectivity index (χ1n) is 5.70. The number of hydrogen-bond acceptors (Lipinski definition) is 3. The van der Waals surface area contributed by atoms with Gasteiger partial charge in [0.25, 0.3) is 0 Å². The molecule has 6 nitrogen and oxygen atoms in total. The summed E-state index contributed by atoms with van der Waals surface area (Å²) in [6, 6.07) is 2.53. The van der Waals surface area contributed by atoms with Gasteiger partial charge in [0.15, 0.2) is 0 Å². The average molecular weight is 302 g/mol. The molecule has 0 saturated carbocycles. The Morgan fingerprint density at radius 1 is 1.45 bits per heavy atom. The zero-order chi connectivity index (χ0) is 15.3. The van der Waals surface area contributed by atoms with Gasteiger partial charge in [-0.15, -0.1) is 0 Å². The quantitative estimate of drug-likeness (QED) is 0.766. The van der Waals surface area contributed by atoms with Gasteiger partial charge in [-0.05, 0) is 19.1 Å². The van der Waals surface area contributed by atoms with Crippen LogP contribution in [-0.2, 0) is 10.8 Å². The molecule has 0 saturated heterocycles. The number of urea groups is 1. The van der Waals surface area contributed by atoms with Crippen LogP contribution in [0.1, 0.15) is 17.3 Å². The zero-order valence-electron chi connectivity index (χ0n) is 11.0. The number of rotatable bonds is 5. The van der Waals surface area contributed by atoms with E-state index in [1.54, 1.807) is 6.92 Å². The van der Waals surface area contributed by atoms with Crippen LogP contribution in [0.5, 0.6) is 0 Å². The van der Waals surface area contributed by atoms with Crippen LogP contribution >= 0.6 is 0 Å². The molecule has 3 N–H and O–H groups in total. The predicted molar refractivity (Wildman–Crippen MR) is 73.9 cm³/mol. The number of carbonyl (C=O) groups excluding carboxylic acids is 1. The van der Waals surface area contributed by atoms with Gasteiger partial charge >= 0.3 is 12.0 Å². The molecule has 0 heterocycles. The van der Waals surface area contributed by atoms with E-state index in [0.717, 1.165) is 6.07 Å². The molecule has 0 aliphatic carbocycles. The first-order valence-corrected chi connectivity index (χ1v) is 7.43. The Balaban J connectivity index is 2.79. The van der Waals surface area contributed by atoms with Gasteiger partial charge in [-0.1, -0.05) is 6.07 Å². The third-order valence-electron chi connectivity index (χ3n) is 2.34. The van der Waals surface area contributed by atoms with E-state index in [9.17, 15) is 18.2 Å². The Morgan fingerprint density at radius 3 is 2.65 bits per heavy atom. The number of aromatic carboxylic acids is 1. The van der Waals surface area contributed by atoms with Crippen LogP contribution < -0.4 is 10.6 Å². The number of nitrogens with one attached hydrogen (secondary N) is 2. The minimum atomic E-state index is -1.47. The van der Waals surface area contributed by atoms with Crippen molar-refractivity contribution in [1.82, 2.24) is 5.32 Å². The predicted octanol–water partition coefficient (Wildman–Crippen LogP) is 1.41. The number of carboxylic acids is 1. The topological polar surface area (TPSA) is 95.5 Å². The van der Waals surface area contributed by atoms with E-state index in [1.807, 2.05) is 0 Å². The average Bonchev–Trinajstić information content (AvgIpc) is 2.26. The van der Waals surface area contributed by atoms with E-state index in [0.29, 0.717) is 0 Å². The van der Waals surface area contributed by atoms with Crippen molar-refractivity contribution >= 4 is 28.5 Å². The lowest BCUT2D eigenvalue weighted by molar-refractivity contribution is 0.0693. The fourth-order valence-electron chi connectivity index (χ4n) is 1.62. The summed E-state index contributed by atoms with van der Waals surface area (Å²) in [7, 11) is -1.07. The van der Waals surface area contributed by atoms with Crippen molar-refractivity contribution in [1.29, 1.82) is 0 Å². The van der Waals surface area contributed by atoms with Crippen LogP contribution in [0.2, 0.25) is 0 Å². The number of carboxylic acid groups (broad SMARTS) is 1. The summed E-state index contributed by atoms with van der Waals surface area (Å²) < 4.78 is 24.4. The maximum Gasteiger partial charge on any atom is 0.340 e. The Bertz CT molecular complexity index is 550. The summed E-state index contributed by atoms with van der Waals surface area (Å²) in [6.45, 7) is 1.66. The molecule has 2 unspecified atom stereocenters. The van der Waals surface area contributed by atoms with Crippen LogP contribution in [0.15, 0.2) is 18.2 Å². The number of amides is 2. The Morgan fingerprint density at radius 2 is 2.10 bits per heavy atom. The molecule has 110 valence electrons. The number of hydrogen-bond donors (Lipinski definition) is 3. The Kier molecular flexibility index (Phi) is 5.63. The van der Waals surface area contributed by atoms with Crippen LogP contribution in [0.3, 0.4) is 0 Å². The SMILES string of the molecule is CC(CS(C)=O)NC(=O)Nc1cccc(F)c1C(=O)O. The molecule has 0 fully saturated rings. The summed E-state index contributed by atoms with van der Waals surface area (Å²) >= 11 is 0. The van der Waals surface area contributed by atoms with E-state index < -0.39 is 34.2 Å². The number of anilines is 1. The summed E-state index contributed by atoms with van der Waals surface area (Å²) in [5.41, 5.74) is -0.741. The van der Waals surface area contributed by atoms with Crippen molar-refractivity contribution in [2.24, 2.45) is 0 Å². The molecule has 0 aromatic heterocycles. The minimum absolute atomic E-state index is 0.139. The van der Waals surface area contributed by atoms with Crippen molar-refractivity contribution in [3.63, 3.8) is 0 Å². The first-order chi connectivity index (χ1) is 9.31. The fourth-order valence-corrected chi connectivity index (χ4v) is 2.41. The lowest BCUT2D eigenvalue weighted by Crippen LogP contribution is -2.39. The van der Waals surface area contributed by atoms with Crippen molar-refractivity contribution in [3.05, 3.63) is 29.6 Å². The van der Waals surface area contributed by atoms with Gasteiger partial charge in [0.05, 0.1) is 5.69 Å². The Labute approximate surface area is 117 Å². The van der Waals surface area contributed by atoms with E-state index in [-0.39, 0.29) is 17.5 Å². The Hall–Kier alpha value is -1.96. The number of halogens is 1. The maximum absolute atomic E-state index is 13.4. The molecule has 1 aromatic carbocycles. The van der Waals surface area contributed by atoms with Crippen molar-refractivity contribution in [3.8, 4) is 0 Å². The standard InChI is InChI=1S/C12H15FN2O4S/c1-7(6-20(2)19)14-12(18)15-9-5-3-4-8(13)10(9)11(16)17/h3-5,7H,6H2,1-2H3,(H,16,17)(H2,14,15,18). The second-order valence-electron chi connectivity index (χ2n) is 4.21. The third-order valence-corrected chi connectivity index (χ3v) is 3.31. The minimum Gasteiger partial charge on any atom is -0.478 e. The van der Waals surface area contributed by atoms with E-state index in [2.05, 4.69) is 10.6 Å². The highest BCUT2D eigenvalue weighted by Gasteiger charge is 2.18. The maximum atomic E-state index is 13.4. The normalized spacial score (nSPS) is 13.3. The number of carbonyl (C=O) groups is 2. The largest absolute Gasteiger partial charge is 0.478 e. The molecule has 0 aliphatic heterocycles. The molecule has 1 rings (SSSR count). The van der Waals surface area contributed by atoms with Crippen LogP contribution in [0.25, 0.3) is 0 Å². The van der Waals surface area contributed by atoms with Crippen molar-refractivity contribution in [2.45, 2.75) is 13.0 Å². The molecule has 0 radical (unpaired) electrons. The summed E-state index contributed by atoms with van der Waals surface area (Å²) in [6.07, 6.45) is 1.51. The molecule has 0 bridgehead atoms. The molecule has 20 heavy (non-hydrogen) atoms. The van der Waals surface area contributed by atoms with Gasteiger partial charge in [0.2, 0.25) is 0 Å². The molecule has 2 amide bonds. The lowest BCUT2D eigenvalue weighted by Gasteiger charge is -2.14. The highest BCUT2D eigenvalue weighted by atomic mass is 32.2. The molecule has 0 spiro atoms. The van der Waals surface area contributed by atoms with Crippen LogP contribution in [0, 0.1) is 5.82 Å². The third kappa shape index (κ3) is 4.61. The van der Waals surface area contributed by atoms with Gasteiger partial charge in [0, 0.05) is 28.9 Å². The summed E-state index contributed by atoms with van der Waals surface area (Å²) in [5, 5.41) is 13.7. The van der Waals surface area contributed by atoms with Crippen molar-refractivity contribution < 1.29 is 23.3 Å². The second-order valence-corrected chi connectivity index (χ2v) is 5.69. The fraction of sp³-hybridized carbons (Fsp3) is 0.333. The monoisotopic (exact) mass is 302 g/mol. The van der Waals surface area contributed by atoms with Gasteiger partial charge in [-0.2, -0.15) is 0 Å². The van der Waals surface area contributed by atoms with E-state index >= 15 is 0 Å². The van der Waals surface area contributed by atoms with E-state index in [1.165, 1.54) is 18.4 Å². The van der Waals surface area contributed by atoms with Gasteiger partial charge < -0.3 is 15.7 Å². The molecular formula is C12H15FN2O4S. The number of benzene rings is 1. The van der Waals surface area contributed by atoms with E-state index in [4.69, 9.17) is 5.11 Å². The smallest absolute Gasteiger partial charge is 0.340 e. The van der Waals surface area contributed by atoms with Crippen molar-refractivity contribution in [2.75, 3.05) is 17.3 Å². The molecule has 0 aliphatic rings. The highest BCUT2D eigenvalue weighted by molar-refractivity contribution is 7.84. The molecule has 2 atom stereocenters. The lowest BCUT2D eigenvalue weighted by atomic mass is 10.1. The summed E-state index contributed by atoms with van der Waals surface area (Å²) in [5.74, 6) is -2.14. The van der Waals surface area contributed by atoms with Gasteiger partial charge in [-0.25, -0.2) is 14.0 Å². The second kappa shape index (κ2) is 6.99. The molecule has 1 aromatic rings. The zero-order valence-corrected chi connectivity index (χ0v) is 11.8. The first kappa shape index (κ1) is 16.1. The van der Waals surface area contributed by atoms with Gasteiger partial charge in [0.1, 0.15) is 11.4 Å². The van der Waals surface area contributed by atoms with Gasteiger partial charge in [-0.3, -0.25) is 4.21 Å². The molecule has 8 heteroatoms. The summed E-state index contributed by atoms with van der Waals surface area (Å²) in [4.78, 5) is 22.6. The van der Waals surface area contributed by atoms with Crippen LogP contribution in [-0.4, -0.2) is 39.4 Å².